The Morgan fingerprint density at radius 3 is 2.22 bits per heavy atom. The van der Waals surface area contributed by atoms with Gasteiger partial charge in [-0.3, -0.25) is 4.98 Å². The van der Waals surface area contributed by atoms with Crippen LogP contribution in [0.5, 0.6) is 0 Å². The number of nitrogens with zero attached hydrogens (tertiary/aromatic N) is 5. The fraction of sp³-hybridized carbons (Fsp3) is 0.316. The highest BCUT2D eigenvalue weighted by molar-refractivity contribution is 5.59. The molecule has 3 aromatic heterocycles. The van der Waals surface area contributed by atoms with E-state index in [4.69, 9.17) is 0 Å². The van der Waals surface area contributed by atoms with Crippen LogP contribution in [0, 0.1) is 5.92 Å². The Labute approximate surface area is 177 Å². The number of aromatic nitrogens is 5. The zero-order chi connectivity index (χ0) is 23.1. The van der Waals surface area contributed by atoms with Crippen molar-refractivity contribution in [3.63, 3.8) is 0 Å². The minimum absolute atomic E-state index is 0.00721. The third-order valence-electron chi connectivity index (χ3n) is 4.63. The van der Waals surface area contributed by atoms with Gasteiger partial charge in [-0.1, -0.05) is 13.0 Å². The molecule has 2 N–H and O–H groups in total. The summed E-state index contributed by atoms with van der Waals surface area (Å²) in [5.41, 5.74) is -2.42. The van der Waals surface area contributed by atoms with Gasteiger partial charge in [0.05, 0.1) is 0 Å². The SMILES string of the molecule is CC1CC1Nc1nc(Nc2ccnc(C(F)(F)F)c2)nc(-c2cccc(C(F)(F)F)n2)n1. The van der Waals surface area contributed by atoms with Gasteiger partial charge in [-0.25, -0.2) is 4.98 Å². The molecule has 1 aliphatic rings. The topological polar surface area (TPSA) is 88.5 Å². The lowest BCUT2D eigenvalue weighted by Gasteiger charge is -2.12. The van der Waals surface area contributed by atoms with Crippen molar-refractivity contribution in [2.45, 2.75) is 31.7 Å². The zero-order valence-electron chi connectivity index (χ0n) is 16.3. The number of rotatable bonds is 5. The monoisotopic (exact) mass is 455 g/mol. The van der Waals surface area contributed by atoms with Crippen LogP contribution in [0.15, 0.2) is 36.5 Å². The number of hydrogen-bond donors (Lipinski definition) is 2. The predicted octanol–water partition coefficient (Wildman–Crippen LogP) is 4.93. The van der Waals surface area contributed by atoms with Crippen LogP contribution in [0.3, 0.4) is 0 Å². The number of anilines is 3. The molecule has 2 atom stereocenters. The van der Waals surface area contributed by atoms with Crippen LogP contribution in [-0.2, 0) is 12.4 Å². The van der Waals surface area contributed by atoms with Crippen LogP contribution in [0.1, 0.15) is 24.7 Å². The normalized spacial score (nSPS) is 18.3. The Hall–Kier alpha value is -3.51. The van der Waals surface area contributed by atoms with Crippen molar-refractivity contribution in [3.05, 3.63) is 47.9 Å². The molecule has 0 bridgehead atoms. The van der Waals surface area contributed by atoms with E-state index in [2.05, 4.69) is 35.6 Å². The molecule has 13 heteroatoms. The van der Waals surface area contributed by atoms with Crippen molar-refractivity contribution in [1.29, 1.82) is 0 Å². The molecule has 32 heavy (non-hydrogen) atoms. The summed E-state index contributed by atoms with van der Waals surface area (Å²) in [7, 11) is 0. The maximum Gasteiger partial charge on any atom is 0.433 e. The third kappa shape index (κ3) is 5.03. The van der Waals surface area contributed by atoms with Gasteiger partial charge >= 0.3 is 12.4 Å². The Morgan fingerprint density at radius 2 is 1.56 bits per heavy atom. The van der Waals surface area contributed by atoms with Crippen LogP contribution >= 0.6 is 0 Å². The quantitative estimate of drug-likeness (QED) is 0.528. The number of nitrogens with one attached hydrogen (secondary N) is 2. The zero-order valence-corrected chi connectivity index (χ0v) is 16.3. The third-order valence-corrected chi connectivity index (χ3v) is 4.63. The summed E-state index contributed by atoms with van der Waals surface area (Å²) in [6, 6.07) is 5.39. The van der Waals surface area contributed by atoms with Gasteiger partial charge in [-0.05, 0) is 36.6 Å². The standard InChI is InChI=1S/C19H15F6N7/c1-9-7-12(9)29-17-31-15(11-3-2-4-13(28-11)18(20,21)22)30-16(32-17)27-10-5-6-26-14(8-10)19(23,24)25/h2-6,8-9,12H,7H2,1H3,(H2,26,27,29,30,31,32). The average Bonchev–Trinajstić information content (AvgIpc) is 3.41. The molecule has 4 rings (SSSR count). The number of alkyl halides is 6. The molecule has 168 valence electrons. The Kier molecular flexibility index (Phi) is 5.34. The summed E-state index contributed by atoms with van der Waals surface area (Å²) >= 11 is 0. The lowest BCUT2D eigenvalue weighted by atomic mass is 10.3. The van der Waals surface area contributed by atoms with Crippen molar-refractivity contribution in [2.75, 3.05) is 10.6 Å². The first-order chi connectivity index (χ1) is 15.0. The maximum absolute atomic E-state index is 13.0. The average molecular weight is 455 g/mol. The second-order valence-corrected chi connectivity index (χ2v) is 7.23. The molecule has 0 spiro atoms. The van der Waals surface area contributed by atoms with Crippen molar-refractivity contribution in [2.24, 2.45) is 5.92 Å². The molecule has 1 fully saturated rings. The number of hydrogen-bond acceptors (Lipinski definition) is 7. The van der Waals surface area contributed by atoms with Gasteiger partial charge in [0.15, 0.2) is 5.82 Å². The lowest BCUT2D eigenvalue weighted by Crippen LogP contribution is -2.13. The summed E-state index contributed by atoms with van der Waals surface area (Å²) in [6.45, 7) is 1.99. The molecule has 0 saturated heterocycles. The fourth-order valence-corrected chi connectivity index (χ4v) is 2.81. The van der Waals surface area contributed by atoms with Crippen LogP contribution in [0.4, 0.5) is 43.9 Å². The van der Waals surface area contributed by atoms with E-state index < -0.39 is 23.7 Å². The molecule has 3 aromatic rings. The Bertz CT molecular complexity index is 1130. The molecule has 0 amide bonds. The highest BCUT2D eigenvalue weighted by atomic mass is 19.4. The van der Waals surface area contributed by atoms with Gasteiger partial charge in [0.25, 0.3) is 0 Å². The molecule has 7 nitrogen and oxygen atoms in total. The number of pyridine rings is 2. The van der Waals surface area contributed by atoms with E-state index in [9.17, 15) is 26.3 Å². The highest BCUT2D eigenvalue weighted by Gasteiger charge is 2.35. The second-order valence-electron chi connectivity index (χ2n) is 7.23. The molecule has 1 saturated carbocycles. The highest BCUT2D eigenvalue weighted by Crippen LogP contribution is 2.33. The van der Waals surface area contributed by atoms with Gasteiger partial charge in [0.1, 0.15) is 17.1 Å². The first-order valence-electron chi connectivity index (χ1n) is 9.36. The van der Waals surface area contributed by atoms with Crippen molar-refractivity contribution >= 4 is 17.6 Å². The van der Waals surface area contributed by atoms with Gasteiger partial charge in [0, 0.05) is 17.9 Å². The molecule has 1 aliphatic carbocycles. The van der Waals surface area contributed by atoms with E-state index in [1.165, 1.54) is 12.1 Å². The Balaban J connectivity index is 1.71. The predicted molar refractivity (Wildman–Crippen MR) is 102 cm³/mol. The molecule has 2 unspecified atom stereocenters. The van der Waals surface area contributed by atoms with Crippen LogP contribution in [0.25, 0.3) is 11.5 Å². The summed E-state index contributed by atoms with van der Waals surface area (Å²) in [4.78, 5) is 19.2. The van der Waals surface area contributed by atoms with E-state index in [0.717, 1.165) is 30.8 Å². The summed E-state index contributed by atoms with van der Waals surface area (Å²) in [6.07, 6.45) is -7.50. The van der Waals surface area contributed by atoms with Gasteiger partial charge in [0.2, 0.25) is 11.9 Å². The minimum atomic E-state index is -4.67. The molecule has 3 heterocycles. The van der Waals surface area contributed by atoms with E-state index in [1.807, 2.05) is 6.92 Å². The maximum atomic E-state index is 13.0. The summed E-state index contributed by atoms with van der Waals surface area (Å²) < 4.78 is 78.0. The van der Waals surface area contributed by atoms with E-state index >= 15 is 0 Å². The van der Waals surface area contributed by atoms with Gasteiger partial charge in [-0.15, -0.1) is 0 Å². The molecule has 0 radical (unpaired) electrons. The van der Waals surface area contributed by atoms with Crippen molar-refractivity contribution in [3.8, 4) is 11.5 Å². The number of halogens is 6. The molecular formula is C19H15F6N7. The molecule has 0 aliphatic heterocycles. The lowest BCUT2D eigenvalue weighted by molar-refractivity contribution is -0.141. The van der Waals surface area contributed by atoms with Gasteiger partial charge < -0.3 is 10.6 Å². The van der Waals surface area contributed by atoms with Crippen molar-refractivity contribution in [1.82, 2.24) is 24.9 Å². The first-order valence-corrected chi connectivity index (χ1v) is 9.36. The van der Waals surface area contributed by atoms with Gasteiger partial charge in [-0.2, -0.15) is 41.3 Å². The van der Waals surface area contributed by atoms with E-state index in [-0.39, 0.29) is 35.1 Å². The Morgan fingerprint density at radius 1 is 0.875 bits per heavy atom. The minimum Gasteiger partial charge on any atom is -0.351 e. The molecule has 0 aromatic carbocycles. The van der Waals surface area contributed by atoms with E-state index in [1.54, 1.807) is 0 Å². The molecular weight excluding hydrogens is 440 g/mol. The van der Waals surface area contributed by atoms with Crippen LogP contribution in [-0.4, -0.2) is 31.0 Å². The van der Waals surface area contributed by atoms with Crippen LogP contribution < -0.4 is 10.6 Å². The summed E-state index contributed by atoms with van der Waals surface area (Å²) in [5.74, 6) is 0.0860. The van der Waals surface area contributed by atoms with E-state index in [0.29, 0.717) is 5.92 Å². The first kappa shape index (κ1) is 21.7. The van der Waals surface area contributed by atoms with Crippen LogP contribution in [0.2, 0.25) is 0 Å². The fourth-order valence-electron chi connectivity index (χ4n) is 2.81. The smallest absolute Gasteiger partial charge is 0.351 e. The second kappa shape index (κ2) is 7.88. The summed E-state index contributed by atoms with van der Waals surface area (Å²) in [5, 5.41) is 5.66. The van der Waals surface area contributed by atoms with Crippen molar-refractivity contribution < 1.29 is 26.3 Å². The largest absolute Gasteiger partial charge is 0.433 e.